The molecule has 2 N–H and O–H groups in total. The maximum Gasteiger partial charge on any atom is 0.240 e. The number of ether oxygens (including phenoxy) is 2. The van der Waals surface area contributed by atoms with E-state index in [1.54, 1.807) is 6.07 Å². The first kappa shape index (κ1) is 24.0. The molecule has 2 aromatic carbocycles. The lowest BCUT2D eigenvalue weighted by Gasteiger charge is -2.18. The molecule has 1 aliphatic heterocycles. The van der Waals surface area contributed by atoms with Gasteiger partial charge in [-0.25, -0.2) is 18.1 Å². The van der Waals surface area contributed by atoms with Gasteiger partial charge in [0.15, 0.2) is 11.5 Å². The number of aryl methyl sites for hydroxylation is 1. The molecule has 0 atom stereocenters. The number of para-hydroxylation sites is 2. The van der Waals surface area contributed by atoms with Crippen LogP contribution in [0.4, 0.5) is 0 Å². The van der Waals surface area contributed by atoms with Crippen LogP contribution in [0, 0.1) is 0 Å². The SMILES string of the molecule is O=C(CCCCCNS(=O)(=O)c1ccc2c(c1)OCCO2)NCCCn1cnc2ccccc21. The fourth-order valence-electron chi connectivity index (χ4n) is 3.82. The summed E-state index contributed by atoms with van der Waals surface area (Å²) in [6.45, 7) is 2.58. The van der Waals surface area contributed by atoms with Crippen molar-refractivity contribution >= 4 is 27.0 Å². The van der Waals surface area contributed by atoms with Crippen LogP contribution in [-0.2, 0) is 21.4 Å². The average Bonchev–Trinajstić information content (AvgIpc) is 3.26. The Morgan fingerprint density at radius 3 is 2.68 bits per heavy atom. The van der Waals surface area contributed by atoms with E-state index < -0.39 is 10.0 Å². The Balaban J connectivity index is 1.08. The van der Waals surface area contributed by atoms with E-state index in [9.17, 15) is 13.2 Å². The van der Waals surface area contributed by atoms with Gasteiger partial charge in [-0.1, -0.05) is 18.6 Å². The van der Waals surface area contributed by atoms with E-state index >= 15 is 0 Å². The van der Waals surface area contributed by atoms with Crippen LogP contribution in [0.1, 0.15) is 32.1 Å². The highest BCUT2D eigenvalue weighted by atomic mass is 32.2. The number of unbranched alkanes of at least 4 members (excludes halogenated alkanes) is 2. The average molecular weight is 487 g/mol. The second-order valence-electron chi connectivity index (χ2n) is 8.14. The van der Waals surface area contributed by atoms with Crippen molar-refractivity contribution in [1.29, 1.82) is 0 Å². The van der Waals surface area contributed by atoms with Gasteiger partial charge in [-0.05, 0) is 43.5 Å². The molecular weight excluding hydrogens is 456 g/mol. The zero-order chi connectivity index (χ0) is 23.8. The summed E-state index contributed by atoms with van der Waals surface area (Å²) >= 11 is 0. The van der Waals surface area contributed by atoms with Crippen LogP contribution < -0.4 is 19.5 Å². The number of nitrogens with zero attached hydrogens (tertiary/aromatic N) is 2. The molecule has 182 valence electrons. The Bertz CT molecular complexity index is 1230. The lowest BCUT2D eigenvalue weighted by Crippen LogP contribution is -2.26. The molecule has 0 aliphatic carbocycles. The monoisotopic (exact) mass is 486 g/mol. The van der Waals surface area contributed by atoms with Crippen LogP contribution in [0.25, 0.3) is 11.0 Å². The van der Waals surface area contributed by atoms with Gasteiger partial charge >= 0.3 is 0 Å². The number of amides is 1. The first-order valence-corrected chi connectivity index (χ1v) is 13.1. The molecular formula is C24H30N4O5S. The van der Waals surface area contributed by atoms with Gasteiger partial charge in [0.2, 0.25) is 15.9 Å². The lowest BCUT2D eigenvalue weighted by atomic mass is 10.2. The molecule has 2 heterocycles. The predicted molar refractivity (Wildman–Crippen MR) is 128 cm³/mol. The molecule has 0 saturated carbocycles. The minimum absolute atomic E-state index is 0.0207. The lowest BCUT2D eigenvalue weighted by molar-refractivity contribution is -0.121. The fourth-order valence-corrected chi connectivity index (χ4v) is 4.91. The third-order valence-electron chi connectivity index (χ3n) is 5.62. The van der Waals surface area contributed by atoms with Crippen LogP contribution in [0.5, 0.6) is 11.5 Å². The van der Waals surface area contributed by atoms with Crippen molar-refractivity contribution in [3.63, 3.8) is 0 Å². The highest BCUT2D eigenvalue weighted by molar-refractivity contribution is 7.89. The summed E-state index contributed by atoms with van der Waals surface area (Å²) in [6.07, 6.45) is 5.22. The number of carbonyl (C=O) groups excluding carboxylic acids is 1. The highest BCUT2D eigenvalue weighted by Crippen LogP contribution is 2.32. The van der Waals surface area contributed by atoms with Crippen molar-refractivity contribution in [1.82, 2.24) is 19.6 Å². The second-order valence-corrected chi connectivity index (χ2v) is 9.91. The largest absolute Gasteiger partial charge is 0.486 e. The summed E-state index contributed by atoms with van der Waals surface area (Å²) < 4.78 is 40.5. The van der Waals surface area contributed by atoms with Gasteiger partial charge in [-0.3, -0.25) is 4.79 Å². The Morgan fingerprint density at radius 2 is 1.79 bits per heavy atom. The summed E-state index contributed by atoms with van der Waals surface area (Å²) in [4.78, 5) is 16.6. The molecule has 0 fully saturated rings. The smallest absolute Gasteiger partial charge is 0.240 e. The molecule has 1 amide bonds. The van der Waals surface area contributed by atoms with E-state index in [-0.39, 0.29) is 10.8 Å². The fraction of sp³-hybridized carbons (Fsp3) is 0.417. The number of rotatable bonds is 12. The first-order valence-electron chi connectivity index (χ1n) is 11.6. The predicted octanol–water partition coefficient (Wildman–Crippen LogP) is 2.85. The molecule has 4 rings (SSSR count). The van der Waals surface area contributed by atoms with Crippen LogP contribution >= 0.6 is 0 Å². The van der Waals surface area contributed by atoms with E-state index in [2.05, 4.69) is 19.6 Å². The summed E-state index contributed by atoms with van der Waals surface area (Å²) in [6, 6.07) is 12.6. The van der Waals surface area contributed by atoms with E-state index in [1.807, 2.05) is 30.6 Å². The minimum Gasteiger partial charge on any atom is -0.486 e. The number of benzene rings is 2. The van der Waals surface area contributed by atoms with Crippen LogP contribution in [-0.4, -0.2) is 50.2 Å². The van der Waals surface area contributed by atoms with Gasteiger partial charge < -0.3 is 19.4 Å². The summed E-state index contributed by atoms with van der Waals surface area (Å²) in [5.41, 5.74) is 2.07. The molecule has 9 nitrogen and oxygen atoms in total. The van der Waals surface area contributed by atoms with Crippen LogP contribution in [0.3, 0.4) is 0 Å². The number of sulfonamides is 1. The summed E-state index contributed by atoms with van der Waals surface area (Å²) in [5.74, 6) is 1.02. The number of nitrogens with one attached hydrogen (secondary N) is 2. The standard InChI is InChI=1S/C24H30N4O5S/c29-24(25-12-6-14-28-18-26-20-7-3-4-8-21(20)28)9-2-1-5-13-27-34(30,31)19-10-11-22-23(17-19)33-16-15-32-22/h3-4,7-8,10-11,17-18,27H,1-2,5-6,9,12-16H2,(H,25,29). The van der Waals surface area contributed by atoms with Crippen LogP contribution in [0.15, 0.2) is 53.7 Å². The van der Waals surface area contributed by atoms with Gasteiger partial charge in [-0.15, -0.1) is 0 Å². The summed E-state index contributed by atoms with van der Waals surface area (Å²) in [7, 11) is -3.62. The maximum atomic E-state index is 12.5. The zero-order valence-corrected chi connectivity index (χ0v) is 19.9. The van der Waals surface area contributed by atoms with Crippen molar-refractivity contribution in [2.24, 2.45) is 0 Å². The highest BCUT2D eigenvalue weighted by Gasteiger charge is 2.18. The second kappa shape index (κ2) is 11.3. The minimum atomic E-state index is -3.62. The molecule has 0 unspecified atom stereocenters. The van der Waals surface area contributed by atoms with Crippen LogP contribution in [0.2, 0.25) is 0 Å². The van der Waals surface area contributed by atoms with Gasteiger partial charge in [0, 0.05) is 32.1 Å². The Hall–Kier alpha value is -3.11. The van der Waals surface area contributed by atoms with Crippen molar-refractivity contribution in [2.45, 2.75) is 43.5 Å². The molecule has 0 spiro atoms. The first-order chi connectivity index (χ1) is 16.5. The Labute approximate surface area is 199 Å². The van der Waals surface area contributed by atoms with E-state index in [4.69, 9.17) is 9.47 Å². The number of imidazole rings is 1. The van der Waals surface area contributed by atoms with Gasteiger partial charge in [0.25, 0.3) is 0 Å². The topological polar surface area (TPSA) is 112 Å². The molecule has 0 bridgehead atoms. The third kappa shape index (κ3) is 6.27. The quantitative estimate of drug-likeness (QED) is 0.381. The zero-order valence-electron chi connectivity index (χ0n) is 19.0. The molecule has 0 radical (unpaired) electrons. The Morgan fingerprint density at radius 1 is 0.971 bits per heavy atom. The maximum absolute atomic E-state index is 12.5. The van der Waals surface area contributed by atoms with Gasteiger partial charge in [-0.2, -0.15) is 0 Å². The van der Waals surface area contributed by atoms with E-state index in [1.165, 1.54) is 12.1 Å². The van der Waals surface area contributed by atoms with E-state index in [0.717, 1.165) is 30.4 Å². The molecule has 1 aromatic heterocycles. The molecule has 10 heteroatoms. The van der Waals surface area contributed by atoms with E-state index in [0.29, 0.717) is 57.1 Å². The number of hydrogen-bond donors (Lipinski definition) is 2. The number of fused-ring (bicyclic) bond motifs is 2. The molecule has 34 heavy (non-hydrogen) atoms. The van der Waals surface area contributed by atoms with Gasteiger partial charge in [0.1, 0.15) is 13.2 Å². The summed E-state index contributed by atoms with van der Waals surface area (Å²) in [5, 5.41) is 2.95. The van der Waals surface area contributed by atoms with Gasteiger partial charge in [0.05, 0.1) is 22.3 Å². The normalized spacial score (nSPS) is 13.2. The Kier molecular flexibility index (Phi) is 8.02. The van der Waals surface area contributed by atoms with Crippen molar-refractivity contribution in [3.8, 4) is 11.5 Å². The number of hydrogen-bond acceptors (Lipinski definition) is 6. The number of carbonyl (C=O) groups is 1. The van der Waals surface area contributed by atoms with Crippen molar-refractivity contribution < 1.29 is 22.7 Å². The molecule has 1 aliphatic rings. The molecule has 3 aromatic rings. The van der Waals surface area contributed by atoms with Crippen molar-refractivity contribution in [2.75, 3.05) is 26.3 Å². The molecule has 0 saturated heterocycles. The third-order valence-corrected chi connectivity index (χ3v) is 7.08. The van der Waals surface area contributed by atoms with Crippen molar-refractivity contribution in [3.05, 3.63) is 48.8 Å². The number of aromatic nitrogens is 2.